The van der Waals surface area contributed by atoms with Gasteiger partial charge >= 0.3 is 0 Å². The number of benzene rings is 1. The molecule has 1 heterocycles. The van der Waals surface area contributed by atoms with Crippen molar-refractivity contribution in [2.45, 2.75) is 26.3 Å². The van der Waals surface area contributed by atoms with Crippen LogP contribution in [0.15, 0.2) is 28.8 Å². The lowest BCUT2D eigenvalue weighted by Gasteiger charge is -2.04. The van der Waals surface area contributed by atoms with Crippen LogP contribution in [0.3, 0.4) is 0 Å². The van der Waals surface area contributed by atoms with Crippen LogP contribution in [0.25, 0.3) is 11.5 Å². The first kappa shape index (κ1) is 13.4. The predicted molar refractivity (Wildman–Crippen MR) is 72.0 cm³/mol. The van der Waals surface area contributed by atoms with Crippen LogP contribution in [0, 0.1) is 0 Å². The SMILES string of the molecule is CNC(C)Cc1noc(-c2ccc(C(C)=O)cc2)n1. The largest absolute Gasteiger partial charge is 0.334 e. The predicted octanol–water partition coefficient (Wildman–Crippen LogP) is 2.09. The van der Waals surface area contributed by atoms with E-state index < -0.39 is 0 Å². The van der Waals surface area contributed by atoms with E-state index in [4.69, 9.17) is 4.52 Å². The monoisotopic (exact) mass is 259 g/mol. The van der Waals surface area contributed by atoms with Gasteiger partial charge in [-0.1, -0.05) is 17.3 Å². The van der Waals surface area contributed by atoms with Crippen LogP contribution in [0.5, 0.6) is 0 Å². The quantitative estimate of drug-likeness (QED) is 0.833. The van der Waals surface area contributed by atoms with Gasteiger partial charge in [-0.3, -0.25) is 4.79 Å². The fourth-order valence-corrected chi connectivity index (χ4v) is 1.68. The molecule has 5 nitrogen and oxygen atoms in total. The zero-order valence-electron chi connectivity index (χ0n) is 11.3. The Bertz CT molecular complexity index is 560. The molecule has 19 heavy (non-hydrogen) atoms. The smallest absolute Gasteiger partial charge is 0.257 e. The van der Waals surface area contributed by atoms with Gasteiger partial charge in [-0.05, 0) is 33.0 Å². The topological polar surface area (TPSA) is 68.0 Å². The summed E-state index contributed by atoms with van der Waals surface area (Å²) in [6.07, 6.45) is 0.714. The summed E-state index contributed by atoms with van der Waals surface area (Å²) in [5.41, 5.74) is 1.49. The molecule has 2 rings (SSSR count). The van der Waals surface area contributed by atoms with E-state index in [1.54, 1.807) is 19.1 Å². The van der Waals surface area contributed by atoms with E-state index in [9.17, 15) is 4.79 Å². The molecular weight excluding hydrogens is 242 g/mol. The van der Waals surface area contributed by atoms with E-state index in [0.717, 1.165) is 5.56 Å². The maximum absolute atomic E-state index is 11.2. The van der Waals surface area contributed by atoms with Gasteiger partial charge in [-0.15, -0.1) is 0 Å². The number of hydrogen-bond acceptors (Lipinski definition) is 5. The van der Waals surface area contributed by atoms with E-state index >= 15 is 0 Å². The van der Waals surface area contributed by atoms with Gasteiger partial charge in [0, 0.05) is 23.6 Å². The molecule has 0 saturated carbocycles. The fraction of sp³-hybridized carbons (Fsp3) is 0.357. The minimum absolute atomic E-state index is 0.0422. The second-order valence-corrected chi connectivity index (χ2v) is 4.54. The molecule has 0 spiro atoms. The van der Waals surface area contributed by atoms with E-state index in [0.29, 0.717) is 29.7 Å². The number of rotatable bonds is 5. The van der Waals surface area contributed by atoms with Crippen LogP contribution in [-0.2, 0) is 6.42 Å². The molecule has 0 bridgehead atoms. The summed E-state index contributed by atoms with van der Waals surface area (Å²) in [7, 11) is 1.89. The van der Waals surface area contributed by atoms with Gasteiger partial charge in [0.2, 0.25) is 0 Å². The van der Waals surface area contributed by atoms with Gasteiger partial charge < -0.3 is 9.84 Å². The van der Waals surface area contributed by atoms with Crippen LogP contribution in [-0.4, -0.2) is 29.0 Å². The number of aromatic nitrogens is 2. The number of hydrogen-bond donors (Lipinski definition) is 1. The molecular formula is C14H17N3O2. The van der Waals surface area contributed by atoms with Crippen molar-refractivity contribution in [1.82, 2.24) is 15.5 Å². The Morgan fingerprint density at radius 1 is 1.37 bits per heavy atom. The number of nitrogens with one attached hydrogen (secondary N) is 1. The number of carbonyl (C=O) groups excluding carboxylic acids is 1. The highest BCUT2D eigenvalue weighted by molar-refractivity contribution is 5.94. The number of Topliss-reactive ketones (excluding diaryl/α,β-unsaturated/α-hetero) is 1. The number of carbonyl (C=O) groups is 1. The van der Waals surface area contributed by atoms with Crippen molar-refractivity contribution in [2.24, 2.45) is 0 Å². The molecule has 1 aromatic heterocycles. The first-order chi connectivity index (χ1) is 9.10. The summed E-state index contributed by atoms with van der Waals surface area (Å²) in [4.78, 5) is 15.5. The Balaban J connectivity index is 2.16. The normalized spacial score (nSPS) is 12.4. The molecule has 0 aliphatic rings. The highest BCUT2D eigenvalue weighted by Crippen LogP contribution is 2.18. The molecule has 0 saturated heterocycles. The third-order valence-electron chi connectivity index (χ3n) is 2.99. The highest BCUT2D eigenvalue weighted by atomic mass is 16.5. The Morgan fingerprint density at radius 2 is 2.05 bits per heavy atom. The molecule has 0 aliphatic heterocycles. The Kier molecular flexibility index (Phi) is 4.06. The van der Waals surface area contributed by atoms with Gasteiger partial charge in [-0.2, -0.15) is 4.98 Å². The summed E-state index contributed by atoms with van der Waals surface area (Å²) in [6.45, 7) is 3.59. The van der Waals surface area contributed by atoms with Crippen molar-refractivity contribution in [1.29, 1.82) is 0 Å². The van der Waals surface area contributed by atoms with Crippen molar-refractivity contribution in [3.63, 3.8) is 0 Å². The lowest BCUT2D eigenvalue weighted by atomic mass is 10.1. The van der Waals surface area contributed by atoms with E-state index in [1.165, 1.54) is 0 Å². The average Bonchev–Trinajstić information content (AvgIpc) is 2.87. The average molecular weight is 259 g/mol. The van der Waals surface area contributed by atoms with Gasteiger partial charge in [0.15, 0.2) is 11.6 Å². The van der Waals surface area contributed by atoms with Crippen LogP contribution in [0.2, 0.25) is 0 Å². The fourth-order valence-electron chi connectivity index (χ4n) is 1.68. The zero-order valence-corrected chi connectivity index (χ0v) is 11.3. The third kappa shape index (κ3) is 3.26. The summed E-state index contributed by atoms with van der Waals surface area (Å²) in [5, 5.41) is 7.07. The molecule has 1 N–H and O–H groups in total. The van der Waals surface area contributed by atoms with Crippen molar-refractivity contribution in [2.75, 3.05) is 7.05 Å². The molecule has 100 valence electrons. The first-order valence-corrected chi connectivity index (χ1v) is 6.21. The molecule has 0 fully saturated rings. The Hall–Kier alpha value is -2.01. The van der Waals surface area contributed by atoms with Gasteiger partial charge in [0.1, 0.15) is 0 Å². The second kappa shape index (κ2) is 5.75. The van der Waals surface area contributed by atoms with E-state index in [-0.39, 0.29) is 5.78 Å². The molecule has 5 heteroatoms. The van der Waals surface area contributed by atoms with E-state index in [1.807, 2.05) is 19.2 Å². The van der Waals surface area contributed by atoms with Crippen molar-refractivity contribution >= 4 is 5.78 Å². The Labute approximate surface area is 112 Å². The van der Waals surface area contributed by atoms with Gasteiger partial charge in [0.05, 0.1) is 0 Å². The van der Waals surface area contributed by atoms with Crippen LogP contribution >= 0.6 is 0 Å². The maximum Gasteiger partial charge on any atom is 0.257 e. The van der Waals surface area contributed by atoms with Crippen molar-refractivity contribution in [3.8, 4) is 11.5 Å². The lowest BCUT2D eigenvalue weighted by Crippen LogP contribution is -2.24. The minimum atomic E-state index is 0.0422. The molecule has 0 aliphatic carbocycles. The molecule has 2 aromatic rings. The summed E-state index contributed by atoms with van der Waals surface area (Å²) in [5.74, 6) is 1.20. The van der Waals surface area contributed by atoms with E-state index in [2.05, 4.69) is 22.4 Å². The van der Waals surface area contributed by atoms with Gasteiger partial charge in [0.25, 0.3) is 5.89 Å². The molecule has 1 aromatic carbocycles. The minimum Gasteiger partial charge on any atom is -0.334 e. The number of nitrogens with zero attached hydrogens (tertiary/aromatic N) is 2. The number of likely N-dealkylation sites (N-methyl/N-ethyl adjacent to an activating group) is 1. The van der Waals surface area contributed by atoms with Crippen molar-refractivity contribution in [3.05, 3.63) is 35.7 Å². The Morgan fingerprint density at radius 3 is 2.63 bits per heavy atom. The van der Waals surface area contributed by atoms with Crippen LogP contribution in [0.4, 0.5) is 0 Å². The summed E-state index contributed by atoms with van der Waals surface area (Å²) in [6, 6.07) is 7.45. The summed E-state index contributed by atoms with van der Waals surface area (Å²) >= 11 is 0. The highest BCUT2D eigenvalue weighted by Gasteiger charge is 2.11. The molecule has 0 amide bonds. The van der Waals surface area contributed by atoms with Crippen LogP contribution in [0.1, 0.15) is 30.0 Å². The zero-order chi connectivity index (χ0) is 13.8. The second-order valence-electron chi connectivity index (χ2n) is 4.54. The molecule has 0 radical (unpaired) electrons. The maximum atomic E-state index is 11.2. The molecule has 1 atom stereocenters. The summed E-state index contributed by atoms with van der Waals surface area (Å²) < 4.78 is 5.22. The third-order valence-corrected chi connectivity index (χ3v) is 2.99. The van der Waals surface area contributed by atoms with Crippen LogP contribution < -0.4 is 5.32 Å². The number of ketones is 1. The lowest BCUT2D eigenvalue weighted by molar-refractivity contribution is 0.101. The standard InChI is InChI=1S/C14H17N3O2/c1-9(15-3)8-13-16-14(19-17-13)12-6-4-11(5-7-12)10(2)18/h4-7,9,15H,8H2,1-3H3. The molecule has 1 unspecified atom stereocenters. The first-order valence-electron chi connectivity index (χ1n) is 6.21. The van der Waals surface area contributed by atoms with Crippen molar-refractivity contribution < 1.29 is 9.32 Å². The van der Waals surface area contributed by atoms with Gasteiger partial charge in [-0.25, -0.2) is 0 Å².